The van der Waals surface area contributed by atoms with Gasteiger partial charge < -0.3 is 4.90 Å². The van der Waals surface area contributed by atoms with Gasteiger partial charge in [0, 0.05) is 38.4 Å². The molecule has 0 amide bonds. The lowest BCUT2D eigenvalue weighted by molar-refractivity contribution is -0.384. The third-order valence-electron chi connectivity index (χ3n) is 4.04. The molecule has 8 nitrogen and oxygen atoms in total. The number of anilines is 1. The van der Waals surface area contributed by atoms with Crippen LogP contribution in [0.25, 0.3) is 0 Å². The summed E-state index contributed by atoms with van der Waals surface area (Å²) >= 11 is 0. The first-order valence-electron chi connectivity index (χ1n) is 7.17. The fraction of sp³-hybridized carbons (Fsp3) is 0.615. The maximum atomic E-state index is 11.9. The first-order chi connectivity index (χ1) is 10.4. The molecule has 0 aliphatic carbocycles. The van der Waals surface area contributed by atoms with Gasteiger partial charge in [-0.2, -0.15) is 0 Å². The average Bonchev–Trinajstić information content (AvgIpc) is 2.54. The molecule has 1 aromatic rings. The van der Waals surface area contributed by atoms with E-state index in [9.17, 15) is 18.5 Å². The highest BCUT2D eigenvalue weighted by Gasteiger charge is 2.31. The van der Waals surface area contributed by atoms with Crippen LogP contribution in [0.1, 0.15) is 19.8 Å². The maximum absolute atomic E-state index is 11.9. The summed E-state index contributed by atoms with van der Waals surface area (Å²) in [7, 11) is -1.61. The van der Waals surface area contributed by atoms with Gasteiger partial charge in [-0.25, -0.2) is 17.7 Å². The molecular weight excluding hydrogens is 308 g/mol. The van der Waals surface area contributed by atoms with Crippen LogP contribution in [0.15, 0.2) is 18.3 Å². The Bertz CT molecular complexity index is 641. The molecule has 1 saturated heterocycles. The Balaban J connectivity index is 2.09. The van der Waals surface area contributed by atoms with Crippen LogP contribution in [-0.4, -0.2) is 54.6 Å². The third kappa shape index (κ3) is 3.36. The van der Waals surface area contributed by atoms with Crippen molar-refractivity contribution in [3.63, 3.8) is 0 Å². The highest BCUT2D eigenvalue weighted by atomic mass is 32.2. The molecule has 2 heterocycles. The number of sulfonamides is 1. The zero-order valence-corrected chi connectivity index (χ0v) is 13.5. The molecule has 22 heavy (non-hydrogen) atoms. The van der Waals surface area contributed by atoms with Crippen molar-refractivity contribution in [1.29, 1.82) is 0 Å². The number of pyridine rings is 1. The van der Waals surface area contributed by atoms with Gasteiger partial charge in [0.25, 0.3) is 0 Å². The van der Waals surface area contributed by atoms with Gasteiger partial charge in [-0.15, -0.1) is 0 Å². The number of piperidine rings is 1. The zero-order chi connectivity index (χ0) is 16.3. The van der Waals surface area contributed by atoms with E-state index in [0.717, 1.165) is 0 Å². The summed E-state index contributed by atoms with van der Waals surface area (Å²) in [6.07, 6.45) is 2.79. The predicted molar refractivity (Wildman–Crippen MR) is 83.4 cm³/mol. The fourth-order valence-electron chi connectivity index (χ4n) is 2.65. The quantitative estimate of drug-likeness (QED) is 0.596. The zero-order valence-electron chi connectivity index (χ0n) is 12.7. The van der Waals surface area contributed by atoms with E-state index >= 15 is 0 Å². The van der Waals surface area contributed by atoms with Crippen molar-refractivity contribution in [3.8, 4) is 0 Å². The number of nitro groups is 1. The van der Waals surface area contributed by atoms with Crippen LogP contribution in [0.4, 0.5) is 11.5 Å². The average molecular weight is 328 g/mol. The van der Waals surface area contributed by atoms with Gasteiger partial charge in [-0.3, -0.25) is 10.1 Å². The normalized spacial score (nSPS) is 17.0. The van der Waals surface area contributed by atoms with E-state index in [2.05, 4.69) is 4.98 Å². The molecule has 0 spiro atoms. The Labute approximate surface area is 129 Å². The summed E-state index contributed by atoms with van der Waals surface area (Å²) in [5.41, 5.74) is -0.0181. The van der Waals surface area contributed by atoms with Crippen molar-refractivity contribution in [2.24, 2.45) is 0 Å². The van der Waals surface area contributed by atoms with E-state index in [4.69, 9.17) is 0 Å². The summed E-state index contributed by atoms with van der Waals surface area (Å²) in [5, 5.41) is 11.1. The van der Waals surface area contributed by atoms with Gasteiger partial charge in [0.05, 0.1) is 10.7 Å². The van der Waals surface area contributed by atoms with Gasteiger partial charge in [-0.05, 0) is 25.8 Å². The predicted octanol–water partition coefficient (Wildman–Crippen LogP) is 1.24. The van der Waals surface area contributed by atoms with Gasteiger partial charge in [0.15, 0.2) is 0 Å². The summed E-state index contributed by atoms with van der Waals surface area (Å²) in [6, 6.07) is 2.90. The number of nitrogens with zero attached hydrogens (tertiary/aromatic N) is 4. The molecule has 0 bridgehead atoms. The lowest BCUT2D eigenvalue weighted by Gasteiger charge is -2.36. The van der Waals surface area contributed by atoms with Crippen molar-refractivity contribution >= 4 is 21.5 Å². The second-order valence-electron chi connectivity index (χ2n) is 5.24. The molecule has 122 valence electrons. The molecule has 0 aromatic carbocycles. The lowest BCUT2D eigenvalue weighted by Crippen LogP contribution is -2.46. The van der Waals surface area contributed by atoms with Crippen molar-refractivity contribution in [2.45, 2.75) is 25.8 Å². The van der Waals surface area contributed by atoms with Gasteiger partial charge in [0.1, 0.15) is 0 Å². The summed E-state index contributed by atoms with van der Waals surface area (Å²) in [4.78, 5) is 16.6. The maximum Gasteiger partial charge on any atom is 0.311 e. The molecule has 2 rings (SSSR count). The number of aromatic nitrogens is 1. The Morgan fingerprint density at radius 1 is 1.45 bits per heavy atom. The first-order valence-corrected chi connectivity index (χ1v) is 8.77. The van der Waals surface area contributed by atoms with E-state index in [1.807, 2.05) is 4.90 Å². The molecule has 1 aromatic heterocycles. The molecule has 9 heteroatoms. The van der Waals surface area contributed by atoms with E-state index in [-0.39, 0.29) is 17.5 Å². The molecule has 0 saturated carbocycles. The van der Waals surface area contributed by atoms with Crippen LogP contribution in [0.5, 0.6) is 0 Å². The standard InChI is InChI=1S/C13H20N4O4S/c1-3-22(20,21)15(2)11-6-9-16(10-7-11)13-12(17(18)19)5-4-8-14-13/h4-5,8,11H,3,6-7,9-10H2,1-2H3. The Kier molecular flexibility index (Phi) is 4.97. The second kappa shape index (κ2) is 6.57. The van der Waals surface area contributed by atoms with Crippen LogP contribution in [-0.2, 0) is 10.0 Å². The largest absolute Gasteiger partial charge is 0.351 e. The number of hydrogen-bond acceptors (Lipinski definition) is 6. The lowest BCUT2D eigenvalue weighted by atomic mass is 10.1. The van der Waals surface area contributed by atoms with Crippen LogP contribution < -0.4 is 4.90 Å². The smallest absolute Gasteiger partial charge is 0.311 e. The SMILES string of the molecule is CCS(=O)(=O)N(C)C1CCN(c2ncccc2[N+](=O)[O-])CC1. The number of rotatable bonds is 5. The van der Waals surface area contributed by atoms with Crippen LogP contribution in [0.2, 0.25) is 0 Å². The minimum absolute atomic E-state index is 0.0181. The molecule has 1 fully saturated rings. The van der Waals surface area contributed by atoms with E-state index in [0.29, 0.717) is 31.7 Å². The monoisotopic (exact) mass is 328 g/mol. The second-order valence-corrected chi connectivity index (χ2v) is 7.56. The molecule has 0 N–H and O–H groups in total. The minimum atomic E-state index is -3.21. The number of hydrogen-bond donors (Lipinski definition) is 0. The van der Waals surface area contributed by atoms with Crippen LogP contribution in [0, 0.1) is 10.1 Å². The topological polar surface area (TPSA) is 96.7 Å². The van der Waals surface area contributed by atoms with Crippen LogP contribution >= 0.6 is 0 Å². The highest BCUT2D eigenvalue weighted by molar-refractivity contribution is 7.89. The molecule has 1 aliphatic rings. The molecule has 0 radical (unpaired) electrons. The molecule has 0 unspecified atom stereocenters. The highest BCUT2D eigenvalue weighted by Crippen LogP contribution is 2.28. The Morgan fingerprint density at radius 2 is 2.09 bits per heavy atom. The minimum Gasteiger partial charge on any atom is -0.351 e. The van der Waals surface area contributed by atoms with E-state index in [1.54, 1.807) is 14.0 Å². The summed E-state index contributed by atoms with van der Waals surface area (Å²) < 4.78 is 25.2. The van der Waals surface area contributed by atoms with Crippen molar-refractivity contribution in [1.82, 2.24) is 9.29 Å². The van der Waals surface area contributed by atoms with Crippen molar-refractivity contribution in [2.75, 3.05) is 30.8 Å². The van der Waals surface area contributed by atoms with Gasteiger partial charge in [0.2, 0.25) is 15.8 Å². The molecular formula is C13H20N4O4S. The van der Waals surface area contributed by atoms with Crippen LogP contribution in [0.3, 0.4) is 0 Å². The van der Waals surface area contributed by atoms with E-state index < -0.39 is 14.9 Å². The van der Waals surface area contributed by atoms with E-state index in [1.165, 1.54) is 22.6 Å². The Hall–Kier alpha value is -1.74. The third-order valence-corrected chi connectivity index (χ3v) is 5.95. The van der Waals surface area contributed by atoms with Crippen molar-refractivity contribution in [3.05, 3.63) is 28.4 Å². The first kappa shape index (κ1) is 16.6. The summed E-state index contributed by atoms with van der Waals surface area (Å²) in [6.45, 7) is 2.72. The fourth-order valence-corrected chi connectivity index (χ4v) is 3.72. The van der Waals surface area contributed by atoms with Gasteiger partial charge >= 0.3 is 5.69 Å². The summed E-state index contributed by atoms with van der Waals surface area (Å²) in [5.74, 6) is 0.432. The molecule has 0 atom stereocenters. The Morgan fingerprint density at radius 3 is 2.64 bits per heavy atom. The molecule has 1 aliphatic heterocycles. The van der Waals surface area contributed by atoms with Crippen molar-refractivity contribution < 1.29 is 13.3 Å². The van der Waals surface area contributed by atoms with Gasteiger partial charge in [-0.1, -0.05) is 0 Å².